The monoisotopic (exact) mass is 797 g/mol. The van der Waals surface area contributed by atoms with Gasteiger partial charge in [-0.2, -0.15) is 0 Å². The Morgan fingerprint density at radius 3 is 1.54 bits per heavy atom. The maximum atomic E-state index is 5.51. The lowest BCUT2D eigenvalue weighted by atomic mass is 9.69. The number of nitrogens with zero attached hydrogens (tertiary/aromatic N) is 3. The molecule has 0 saturated carbocycles. The Bertz CT molecular complexity index is 3680. The molecule has 10 aromatic carbocycles. The van der Waals surface area contributed by atoms with Crippen molar-refractivity contribution in [3.8, 4) is 89.8 Å². The van der Waals surface area contributed by atoms with Crippen molar-refractivity contribution in [2.75, 3.05) is 0 Å². The second-order valence-corrected chi connectivity index (χ2v) is 17.0. The van der Waals surface area contributed by atoms with E-state index < -0.39 is 5.41 Å². The quantitative estimate of drug-likeness (QED) is 0.178. The lowest BCUT2D eigenvalue weighted by molar-refractivity contribution is 0.794. The summed E-state index contributed by atoms with van der Waals surface area (Å²) >= 11 is 0. The largest absolute Gasteiger partial charge is 0.208 e. The summed E-state index contributed by atoms with van der Waals surface area (Å²) in [7, 11) is 0. The van der Waals surface area contributed by atoms with Crippen molar-refractivity contribution in [2.24, 2.45) is 0 Å². The summed E-state index contributed by atoms with van der Waals surface area (Å²) in [6.07, 6.45) is 0. The van der Waals surface area contributed by atoms with Crippen molar-refractivity contribution in [1.29, 1.82) is 0 Å². The van der Waals surface area contributed by atoms with E-state index in [0.29, 0.717) is 17.5 Å². The molecule has 1 atom stereocenters. The van der Waals surface area contributed by atoms with Crippen LogP contribution in [0.15, 0.2) is 212 Å². The maximum absolute atomic E-state index is 5.51. The van der Waals surface area contributed by atoms with Crippen LogP contribution in [0.4, 0.5) is 0 Å². The van der Waals surface area contributed by atoms with E-state index >= 15 is 0 Å². The Kier molecular flexibility index (Phi) is 7.04. The van der Waals surface area contributed by atoms with Gasteiger partial charge < -0.3 is 0 Å². The van der Waals surface area contributed by atoms with E-state index in [0.717, 1.165) is 16.7 Å². The van der Waals surface area contributed by atoms with Gasteiger partial charge in [0.05, 0.1) is 5.41 Å². The Hall–Kier alpha value is -8.27. The van der Waals surface area contributed by atoms with Crippen LogP contribution >= 0.6 is 0 Å². The Labute approximate surface area is 364 Å². The molecule has 0 N–H and O–H groups in total. The van der Waals surface area contributed by atoms with Gasteiger partial charge >= 0.3 is 0 Å². The van der Waals surface area contributed by atoms with E-state index in [9.17, 15) is 0 Å². The highest BCUT2D eigenvalue weighted by atomic mass is 15.0. The van der Waals surface area contributed by atoms with Crippen LogP contribution in [0.25, 0.3) is 111 Å². The smallest absolute Gasteiger partial charge is 0.165 e. The zero-order valence-corrected chi connectivity index (χ0v) is 34.0. The molecule has 3 heteroatoms. The average molecular weight is 798 g/mol. The van der Waals surface area contributed by atoms with Crippen LogP contribution in [0.3, 0.4) is 0 Å². The van der Waals surface area contributed by atoms with E-state index in [1.165, 1.54) is 99.4 Å². The second kappa shape index (κ2) is 12.9. The van der Waals surface area contributed by atoms with Crippen molar-refractivity contribution in [3.63, 3.8) is 0 Å². The predicted octanol–water partition coefficient (Wildman–Crippen LogP) is 14.8. The van der Waals surface area contributed by atoms with Gasteiger partial charge in [-0.3, -0.25) is 0 Å². The Morgan fingerprint density at radius 2 is 0.794 bits per heavy atom. The highest BCUT2D eigenvalue weighted by Crippen LogP contribution is 2.67. The summed E-state index contributed by atoms with van der Waals surface area (Å²) in [6.45, 7) is 0. The molecule has 63 heavy (non-hydrogen) atoms. The number of aromatic nitrogens is 3. The van der Waals surface area contributed by atoms with Gasteiger partial charge in [0.15, 0.2) is 17.5 Å². The van der Waals surface area contributed by atoms with Crippen LogP contribution in [0.1, 0.15) is 22.3 Å². The van der Waals surface area contributed by atoms with E-state index in [1.54, 1.807) is 0 Å². The van der Waals surface area contributed by atoms with Gasteiger partial charge in [-0.25, -0.2) is 15.0 Å². The van der Waals surface area contributed by atoms with Gasteiger partial charge in [-0.1, -0.05) is 194 Å². The number of hydrogen-bond donors (Lipinski definition) is 0. The first-order chi connectivity index (χ1) is 31.2. The first-order valence-corrected chi connectivity index (χ1v) is 21.7. The van der Waals surface area contributed by atoms with Crippen LogP contribution in [-0.4, -0.2) is 15.0 Å². The fourth-order valence-corrected chi connectivity index (χ4v) is 11.2. The molecular weight excluding hydrogens is 763 g/mol. The normalized spacial score (nSPS) is 14.7. The SMILES string of the molecule is c1ccc(-c2nc(-c3ccccc3)nc(-c3c4c(cc5c3-c3ccccc3C53c5ccccc5-c5ccc(-c6ccc7ccccc7c6)cc53)-c3cccc5cccc-4c35)n2)cc1. The molecule has 290 valence electrons. The van der Waals surface area contributed by atoms with Crippen LogP contribution in [-0.2, 0) is 5.41 Å². The van der Waals surface area contributed by atoms with Gasteiger partial charge in [-0.15, -0.1) is 0 Å². The highest BCUT2D eigenvalue weighted by Gasteiger charge is 2.53. The fraction of sp³-hybridized carbons (Fsp3) is 0.0167. The summed E-state index contributed by atoms with van der Waals surface area (Å²) in [6, 6.07) is 77.5. The molecule has 3 aliphatic rings. The number of rotatable bonds is 4. The number of fused-ring (bicyclic) bond motifs is 14. The average Bonchev–Trinajstić information content (AvgIpc) is 3.96. The lowest BCUT2D eigenvalue weighted by Gasteiger charge is -2.31. The zero-order valence-electron chi connectivity index (χ0n) is 34.0. The van der Waals surface area contributed by atoms with Gasteiger partial charge in [-0.05, 0) is 112 Å². The predicted molar refractivity (Wildman–Crippen MR) is 257 cm³/mol. The van der Waals surface area contributed by atoms with Gasteiger partial charge in [0.2, 0.25) is 0 Å². The number of benzene rings is 10. The highest BCUT2D eigenvalue weighted by molar-refractivity contribution is 6.21. The molecule has 1 unspecified atom stereocenters. The minimum atomic E-state index is -0.616. The molecule has 3 aliphatic carbocycles. The summed E-state index contributed by atoms with van der Waals surface area (Å²) in [4.78, 5) is 16.2. The molecule has 1 spiro atoms. The van der Waals surface area contributed by atoms with Crippen LogP contribution in [0.2, 0.25) is 0 Å². The van der Waals surface area contributed by atoms with Crippen LogP contribution in [0, 0.1) is 0 Å². The topological polar surface area (TPSA) is 38.7 Å². The molecule has 0 bridgehead atoms. The molecule has 0 radical (unpaired) electrons. The molecule has 11 aromatic rings. The van der Waals surface area contributed by atoms with E-state index in [2.05, 4.69) is 200 Å². The van der Waals surface area contributed by atoms with Crippen molar-refractivity contribution < 1.29 is 0 Å². The second-order valence-electron chi connectivity index (χ2n) is 17.0. The molecule has 0 fully saturated rings. The minimum Gasteiger partial charge on any atom is -0.208 e. The fourth-order valence-electron chi connectivity index (χ4n) is 11.2. The van der Waals surface area contributed by atoms with Gasteiger partial charge in [0.25, 0.3) is 0 Å². The molecule has 1 aromatic heterocycles. The summed E-state index contributed by atoms with van der Waals surface area (Å²) in [5.41, 5.74) is 19.6. The van der Waals surface area contributed by atoms with Gasteiger partial charge in [0.1, 0.15) is 0 Å². The molecule has 14 rings (SSSR count). The third kappa shape index (κ3) is 4.71. The summed E-state index contributed by atoms with van der Waals surface area (Å²) < 4.78 is 0. The van der Waals surface area contributed by atoms with Crippen molar-refractivity contribution in [1.82, 2.24) is 15.0 Å². The first kappa shape index (κ1) is 34.4. The van der Waals surface area contributed by atoms with Crippen molar-refractivity contribution in [2.45, 2.75) is 5.41 Å². The van der Waals surface area contributed by atoms with Crippen molar-refractivity contribution in [3.05, 3.63) is 235 Å². The van der Waals surface area contributed by atoms with E-state index in [4.69, 9.17) is 15.0 Å². The Morgan fingerprint density at radius 1 is 0.254 bits per heavy atom. The molecule has 0 aliphatic heterocycles. The molecule has 3 nitrogen and oxygen atoms in total. The zero-order chi connectivity index (χ0) is 41.2. The molecular formula is C60H35N3. The standard InChI is InChI=1S/C60H35N3/c1-3-16-38(17-4-1)57-61-58(39-18-5-2-6-19-39)63-59(62-57)56-54-47-26-14-22-37-21-13-25-45(53(37)47)48(54)35-52-55(56)46-24-10-12-28-50(46)60(52)49-27-11-9-23-43(49)44-32-31-42(34-51(44)60)41-30-29-36-15-7-8-20-40(36)33-41/h1-35H. The number of hydrogen-bond acceptors (Lipinski definition) is 3. The molecule has 0 saturated heterocycles. The van der Waals surface area contributed by atoms with Crippen molar-refractivity contribution >= 4 is 21.5 Å². The van der Waals surface area contributed by atoms with Crippen LogP contribution < -0.4 is 0 Å². The minimum absolute atomic E-state index is 0.616. The third-order valence-electron chi connectivity index (χ3n) is 13.8. The molecule has 0 amide bonds. The summed E-state index contributed by atoms with van der Waals surface area (Å²) in [5.74, 6) is 1.97. The summed E-state index contributed by atoms with van der Waals surface area (Å²) in [5, 5.41) is 4.98. The van der Waals surface area contributed by atoms with Crippen LogP contribution in [0.5, 0.6) is 0 Å². The van der Waals surface area contributed by atoms with E-state index in [-0.39, 0.29) is 0 Å². The maximum Gasteiger partial charge on any atom is 0.165 e. The Balaban J connectivity index is 1.14. The first-order valence-electron chi connectivity index (χ1n) is 21.7. The molecule has 1 heterocycles. The lowest BCUT2D eigenvalue weighted by Crippen LogP contribution is -2.26. The van der Waals surface area contributed by atoms with E-state index in [1.807, 2.05) is 12.1 Å². The third-order valence-corrected chi connectivity index (χ3v) is 13.8. The van der Waals surface area contributed by atoms with Gasteiger partial charge in [0, 0.05) is 22.3 Å².